The van der Waals surface area contributed by atoms with Gasteiger partial charge in [-0.3, -0.25) is 0 Å². The molecule has 1 aromatic heterocycles. The van der Waals surface area contributed by atoms with Crippen LogP contribution in [0, 0.1) is 0 Å². The number of rotatable bonds is 4. The van der Waals surface area contributed by atoms with E-state index in [2.05, 4.69) is 166 Å². The van der Waals surface area contributed by atoms with Crippen molar-refractivity contribution in [1.29, 1.82) is 0 Å². The van der Waals surface area contributed by atoms with Crippen LogP contribution in [-0.4, -0.2) is 15.0 Å². The first-order valence-electron chi connectivity index (χ1n) is 18.0. The fourth-order valence-electron chi connectivity index (χ4n) is 8.89. The van der Waals surface area contributed by atoms with Crippen LogP contribution in [0.4, 0.5) is 0 Å². The minimum atomic E-state index is -0.497. The minimum absolute atomic E-state index is 0.159. The zero-order valence-corrected chi connectivity index (χ0v) is 29.1. The molecule has 2 aliphatic carbocycles. The van der Waals surface area contributed by atoms with E-state index in [1.54, 1.807) is 0 Å². The molecule has 7 aromatic carbocycles. The molecule has 52 heavy (non-hydrogen) atoms. The second-order valence-electron chi connectivity index (χ2n) is 14.4. The largest absolute Gasteiger partial charge is 0.208 e. The van der Waals surface area contributed by atoms with Gasteiger partial charge in [-0.15, -0.1) is 0 Å². The molecule has 3 heteroatoms. The third kappa shape index (κ3) is 4.36. The van der Waals surface area contributed by atoms with Gasteiger partial charge >= 0.3 is 0 Å². The molecule has 3 nitrogen and oxygen atoms in total. The highest BCUT2D eigenvalue weighted by molar-refractivity contribution is 5.90. The summed E-state index contributed by atoms with van der Waals surface area (Å²) in [5, 5.41) is 0. The molecule has 0 saturated carbocycles. The highest BCUT2D eigenvalue weighted by Gasteiger charge is 2.53. The molecule has 10 rings (SSSR count). The zero-order chi connectivity index (χ0) is 34.9. The van der Waals surface area contributed by atoms with Crippen molar-refractivity contribution in [3.8, 4) is 56.4 Å². The van der Waals surface area contributed by atoms with Crippen molar-refractivity contribution in [2.24, 2.45) is 0 Å². The Hall–Kier alpha value is -6.45. The Kier molecular flexibility index (Phi) is 6.74. The van der Waals surface area contributed by atoms with Crippen molar-refractivity contribution in [2.75, 3.05) is 0 Å². The van der Waals surface area contributed by atoms with E-state index in [-0.39, 0.29) is 5.41 Å². The molecule has 0 amide bonds. The Labute approximate surface area is 304 Å². The van der Waals surface area contributed by atoms with Gasteiger partial charge in [-0.05, 0) is 61.7 Å². The quantitative estimate of drug-likeness (QED) is 0.188. The van der Waals surface area contributed by atoms with E-state index >= 15 is 0 Å². The number of nitrogens with zero attached hydrogens (tertiary/aromatic N) is 3. The van der Waals surface area contributed by atoms with Crippen molar-refractivity contribution in [3.05, 3.63) is 209 Å². The molecule has 0 N–H and O–H groups in total. The smallest absolute Gasteiger partial charge is 0.164 e. The van der Waals surface area contributed by atoms with Gasteiger partial charge in [0.1, 0.15) is 0 Å². The van der Waals surface area contributed by atoms with E-state index in [4.69, 9.17) is 15.0 Å². The summed E-state index contributed by atoms with van der Waals surface area (Å²) in [5.74, 6) is 1.95. The Morgan fingerprint density at radius 3 is 1.38 bits per heavy atom. The monoisotopic (exact) mass is 665 g/mol. The average molecular weight is 666 g/mol. The lowest BCUT2D eigenvalue weighted by molar-refractivity contribution is 0.563. The molecule has 1 heterocycles. The SMILES string of the molecule is CC1(C)c2ccccc2C2(c3ccccc3-c3ccc(-c4nc(-c5ccccc5)nc(-c5ccccc5-c5ccccc5)n4)cc32)c2ccccc21. The van der Waals surface area contributed by atoms with Gasteiger partial charge in [-0.1, -0.05) is 184 Å². The zero-order valence-electron chi connectivity index (χ0n) is 29.1. The maximum atomic E-state index is 5.28. The fraction of sp³-hybridized carbons (Fsp3) is 0.0816. The second-order valence-corrected chi connectivity index (χ2v) is 14.4. The highest BCUT2D eigenvalue weighted by Crippen LogP contribution is 2.62. The predicted octanol–water partition coefficient (Wildman–Crippen LogP) is 11.5. The summed E-state index contributed by atoms with van der Waals surface area (Å²) < 4.78 is 0. The lowest BCUT2D eigenvalue weighted by atomic mass is 9.55. The van der Waals surface area contributed by atoms with Crippen LogP contribution in [0.5, 0.6) is 0 Å². The van der Waals surface area contributed by atoms with Crippen molar-refractivity contribution in [1.82, 2.24) is 15.0 Å². The van der Waals surface area contributed by atoms with Crippen LogP contribution in [0.2, 0.25) is 0 Å². The number of hydrogen-bond donors (Lipinski definition) is 0. The lowest BCUT2D eigenvalue weighted by Crippen LogP contribution is -2.40. The van der Waals surface area contributed by atoms with E-state index in [0.717, 1.165) is 27.8 Å². The normalized spacial score (nSPS) is 14.3. The molecular weight excluding hydrogens is 631 g/mol. The van der Waals surface area contributed by atoms with Crippen molar-refractivity contribution in [3.63, 3.8) is 0 Å². The van der Waals surface area contributed by atoms with Crippen LogP contribution in [0.15, 0.2) is 176 Å². The van der Waals surface area contributed by atoms with E-state index in [1.807, 2.05) is 24.3 Å². The van der Waals surface area contributed by atoms with Gasteiger partial charge in [-0.25, -0.2) is 15.0 Å². The van der Waals surface area contributed by atoms with Crippen molar-refractivity contribution >= 4 is 0 Å². The summed E-state index contributed by atoms with van der Waals surface area (Å²) in [6, 6.07) is 63.0. The Bertz CT molecular complexity index is 2610. The highest BCUT2D eigenvalue weighted by atomic mass is 15.0. The third-order valence-corrected chi connectivity index (χ3v) is 11.2. The Balaban J connectivity index is 1.25. The van der Waals surface area contributed by atoms with Crippen LogP contribution in [0.3, 0.4) is 0 Å². The van der Waals surface area contributed by atoms with Gasteiger partial charge < -0.3 is 0 Å². The Morgan fingerprint density at radius 1 is 0.308 bits per heavy atom. The third-order valence-electron chi connectivity index (χ3n) is 11.2. The molecule has 246 valence electrons. The van der Waals surface area contributed by atoms with Gasteiger partial charge in [0.25, 0.3) is 0 Å². The molecule has 8 aromatic rings. The number of fused-ring (bicyclic) bond motifs is 9. The van der Waals surface area contributed by atoms with Crippen molar-refractivity contribution < 1.29 is 0 Å². The van der Waals surface area contributed by atoms with Gasteiger partial charge in [-0.2, -0.15) is 0 Å². The van der Waals surface area contributed by atoms with E-state index in [1.165, 1.54) is 44.5 Å². The molecule has 0 atom stereocenters. The fourth-order valence-corrected chi connectivity index (χ4v) is 8.89. The lowest BCUT2D eigenvalue weighted by Gasteiger charge is -2.46. The summed E-state index contributed by atoms with van der Waals surface area (Å²) in [4.78, 5) is 15.6. The van der Waals surface area contributed by atoms with E-state index < -0.39 is 5.41 Å². The first-order valence-corrected chi connectivity index (χ1v) is 18.0. The average Bonchev–Trinajstić information content (AvgIpc) is 3.51. The maximum absolute atomic E-state index is 5.28. The molecule has 0 unspecified atom stereocenters. The summed E-state index contributed by atoms with van der Waals surface area (Å²) in [7, 11) is 0. The molecule has 0 bridgehead atoms. The topological polar surface area (TPSA) is 38.7 Å². The molecule has 1 spiro atoms. The number of hydrogen-bond acceptors (Lipinski definition) is 3. The second kappa shape index (κ2) is 11.5. The van der Waals surface area contributed by atoms with Gasteiger partial charge in [0.05, 0.1) is 5.41 Å². The van der Waals surface area contributed by atoms with Crippen LogP contribution in [0.1, 0.15) is 47.2 Å². The number of benzene rings is 7. The molecule has 0 radical (unpaired) electrons. The minimum Gasteiger partial charge on any atom is -0.208 e. The Morgan fingerprint density at radius 2 is 0.750 bits per heavy atom. The predicted molar refractivity (Wildman–Crippen MR) is 211 cm³/mol. The van der Waals surface area contributed by atoms with Gasteiger partial charge in [0.15, 0.2) is 17.5 Å². The van der Waals surface area contributed by atoms with Crippen LogP contribution in [-0.2, 0) is 10.8 Å². The van der Waals surface area contributed by atoms with E-state index in [9.17, 15) is 0 Å². The van der Waals surface area contributed by atoms with Crippen molar-refractivity contribution in [2.45, 2.75) is 24.7 Å². The first kappa shape index (κ1) is 30.4. The summed E-state index contributed by atoms with van der Waals surface area (Å²) in [5.41, 5.74) is 14.9. The van der Waals surface area contributed by atoms with Gasteiger partial charge in [0, 0.05) is 22.1 Å². The van der Waals surface area contributed by atoms with Crippen LogP contribution in [0.25, 0.3) is 56.4 Å². The van der Waals surface area contributed by atoms with Gasteiger partial charge in [0.2, 0.25) is 0 Å². The number of aromatic nitrogens is 3. The van der Waals surface area contributed by atoms with E-state index in [0.29, 0.717) is 17.5 Å². The molecule has 0 saturated heterocycles. The molecular formula is C49H35N3. The molecule has 2 aliphatic rings. The van der Waals surface area contributed by atoms with Crippen LogP contribution < -0.4 is 0 Å². The molecule has 0 fully saturated rings. The maximum Gasteiger partial charge on any atom is 0.164 e. The summed E-state index contributed by atoms with van der Waals surface area (Å²) in [6.07, 6.45) is 0. The molecule has 0 aliphatic heterocycles. The summed E-state index contributed by atoms with van der Waals surface area (Å²) >= 11 is 0. The summed E-state index contributed by atoms with van der Waals surface area (Å²) in [6.45, 7) is 4.72. The first-order chi connectivity index (χ1) is 25.5. The standard InChI is InChI=1S/C49H35N3/c1-48(2)40-25-13-15-27-42(40)49(43-28-16-14-26-41(43)48)39-24-12-11-22-36(39)37-30-29-34(31-44(37)49)46-50-45(33-19-7-4-8-20-33)51-47(52-46)38-23-10-9-21-35(38)32-17-5-3-6-18-32/h3-31H,1-2H3. The van der Waals surface area contributed by atoms with Crippen LogP contribution >= 0.6 is 0 Å².